The first-order chi connectivity index (χ1) is 9.06. The Bertz CT molecular complexity index is 429. The maximum absolute atomic E-state index is 11.4. The minimum atomic E-state index is -0.663. The van der Waals surface area contributed by atoms with E-state index >= 15 is 0 Å². The Kier molecular flexibility index (Phi) is 6.94. The minimum Gasteiger partial charge on any atom is -0.390 e. The third-order valence-corrected chi connectivity index (χ3v) is 2.92. The third-order valence-electron chi connectivity index (χ3n) is 2.23. The first-order valence-electron chi connectivity index (χ1n) is 5.63. The second kappa shape index (κ2) is 8.22. The van der Waals surface area contributed by atoms with Crippen LogP contribution in [0.3, 0.4) is 0 Å². The fourth-order valence-electron chi connectivity index (χ4n) is 1.35. The van der Waals surface area contributed by atoms with Gasteiger partial charge in [0.1, 0.15) is 6.61 Å². The second-order valence-electron chi connectivity index (χ2n) is 3.86. The molecule has 0 radical (unpaired) electrons. The van der Waals surface area contributed by atoms with Gasteiger partial charge in [-0.3, -0.25) is 4.79 Å². The minimum absolute atomic E-state index is 0.0175. The molecule has 0 saturated heterocycles. The number of hydrogen-bond acceptors (Lipinski definition) is 4. The van der Waals surface area contributed by atoms with E-state index in [1.54, 1.807) is 18.2 Å². The van der Waals surface area contributed by atoms with Crippen LogP contribution in [0.1, 0.15) is 0 Å². The molecule has 5 nitrogen and oxygen atoms in total. The van der Waals surface area contributed by atoms with Crippen LogP contribution in [-0.2, 0) is 9.53 Å². The lowest BCUT2D eigenvalue weighted by Crippen LogP contribution is -2.21. The van der Waals surface area contributed by atoms with Crippen molar-refractivity contribution < 1.29 is 14.6 Å². The highest BCUT2D eigenvalue weighted by atomic mass is 35.5. The number of nitrogens with one attached hydrogen (secondary N) is 2. The van der Waals surface area contributed by atoms with E-state index in [0.717, 1.165) is 0 Å². The summed E-state index contributed by atoms with van der Waals surface area (Å²) >= 11 is 11.5. The van der Waals surface area contributed by atoms with Crippen LogP contribution in [0.5, 0.6) is 0 Å². The summed E-state index contributed by atoms with van der Waals surface area (Å²) in [4.78, 5) is 11.4. The zero-order valence-corrected chi connectivity index (χ0v) is 12.0. The second-order valence-corrected chi connectivity index (χ2v) is 4.58. The number of hydrogen-bond donors (Lipinski definition) is 3. The SMILES string of the molecule is COCC(=O)Nc1ccc(Cl)c(NCC(O)CCl)c1. The van der Waals surface area contributed by atoms with Crippen molar-refractivity contribution in [2.24, 2.45) is 0 Å². The zero-order chi connectivity index (χ0) is 14.3. The Labute approximate surface area is 121 Å². The van der Waals surface area contributed by atoms with Crippen LogP contribution in [0.4, 0.5) is 11.4 Å². The average molecular weight is 307 g/mol. The zero-order valence-electron chi connectivity index (χ0n) is 10.5. The van der Waals surface area contributed by atoms with Crippen molar-refractivity contribution in [1.29, 1.82) is 0 Å². The van der Waals surface area contributed by atoms with Crippen LogP contribution in [0.15, 0.2) is 18.2 Å². The Morgan fingerprint density at radius 3 is 2.89 bits per heavy atom. The molecule has 1 atom stereocenters. The number of aliphatic hydroxyl groups is 1. The highest BCUT2D eigenvalue weighted by Crippen LogP contribution is 2.25. The van der Waals surface area contributed by atoms with Crippen LogP contribution in [0, 0.1) is 0 Å². The molecule has 0 heterocycles. The summed E-state index contributed by atoms with van der Waals surface area (Å²) in [6, 6.07) is 5.01. The quantitative estimate of drug-likeness (QED) is 0.673. The number of amides is 1. The number of halogens is 2. The number of carbonyl (C=O) groups is 1. The molecule has 0 aliphatic rings. The van der Waals surface area contributed by atoms with Gasteiger partial charge >= 0.3 is 0 Å². The molecule has 7 heteroatoms. The van der Waals surface area contributed by atoms with Gasteiger partial charge in [0.2, 0.25) is 5.91 Å². The van der Waals surface area contributed by atoms with Crippen molar-refractivity contribution >= 4 is 40.5 Å². The molecule has 0 saturated carbocycles. The van der Waals surface area contributed by atoms with Crippen LogP contribution in [0.25, 0.3) is 0 Å². The fraction of sp³-hybridized carbons (Fsp3) is 0.417. The predicted octanol–water partition coefficient (Wildman–Crippen LogP) is 1.94. The summed E-state index contributed by atoms with van der Waals surface area (Å²) in [7, 11) is 1.45. The maximum Gasteiger partial charge on any atom is 0.250 e. The average Bonchev–Trinajstić information content (AvgIpc) is 2.39. The van der Waals surface area contributed by atoms with E-state index in [9.17, 15) is 9.90 Å². The standard InChI is InChI=1S/C12H16Cl2N2O3/c1-19-7-12(18)16-8-2-3-10(14)11(4-8)15-6-9(17)5-13/h2-4,9,15,17H,5-7H2,1H3,(H,16,18). The van der Waals surface area contributed by atoms with Crippen LogP contribution in [-0.4, -0.2) is 43.3 Å². The van der Waals surface area contributed by atoms with E-state index in [2.05, 4.69) is 10.6 Å². The lowest BCUT2D eigenvalue weighted by atomic mass is 10.2. The number of ether oxygens (including phenoxy) is 1. The van der Waals surface area contributed by atoms with Crippen LogP contribution in [0.2, 0.25) is 5.02 Å². The first-order valence-corrected chi connectivity index (χ1v) is 6.54. The lowest BCUT2D eigenvalue weighted by molar-refractivity contribution is -0.119. The highest BCUT2D eigenvalue weighted by molar-refractivity contribution is 6.33. The fourth-order valence-corrected chi connectivity index (χ4v) is 1.64. The molecule has 19 heavy (non-hydrogen) atoms. The molecule has 1 unspecified atom stereocenters. The Hall–Kier alpha value is -1.01. The maximum atomic E-state index is 11.4. The number of carbonyl (C=O) groups excluding carboxylic acids is 1. The van der Waals surface area contributed by atoms with Gasteiger partial charge in [-0.25, -0.2) is 0 Å². The Morgan fingerprint density at radius 2 is 2.26 bits per heavy atom. The number of rotatable bonds is 7. The first kappa shape index (κ1) is 16.0. The van der Waals surface area contributed by atoms with Crippen molar-refractivity contribution in [3.63, 3.8) is 0 Å². The molecule has 0 spiro atoms. The van der Waals surface area contributed by atoms with Crippen molar-refractivity contribution in [3.05, 3.63) is 23.2 Å². The molecular weight excluding hydrogens is 291 g/mol. The molecule has 1 rings (SSSR count). The van der Waals surface area contributed by atoms with E-state index in [1.807, 2.05) is 0 Å². The van der Waals surface area contributed by atoms with Crippen molar-refractivity contribution in [2.75, 3.05) is 36.8 Å². The van der Waals surface area contributed by atoms with Crippen LogP contribution < -0.4 is 10.6 Å². The van der Waals surface area contributed by atoms with E-state index in [0.29, 0.717) is 16.4 Å². The predicted molar refractivity (Wildman–Crippen MR) is 77.2 cm³/mol. The summed E-state index contributed by atoms with van der Waals surface area (Å²) in [5.74, 6) is -0.119. The molecule has 1 aromatic rings. The molecule has 3 N–H and O–H groups in total. The number of alkyl halides is 1. The molecule has 0 fully saturated rings. The van der Waals surface area contributed by atoms with Gasteiger partial charge in [0.05, 0.1) is 22.7 Å². The van der Waals surface area contributed by atoms with Gasteiger partial charge in [-0.2, -0.15) is 0 Å². The molecule has 1 aromatic carbocycles. The number of anilines is 2. The number of aliphatic hydroxyl groups excluding tert-OH is 1. The number of methoxy groups -OCH3 is 1. The van der Waals surface area contributed by atoms with Crippen molar-refractivity contribution in [2.45, 2.75) is 6.10 Å². The van der Waals surface area contributed by atoms with E-state index in [1.165, 1.54) is 7.11 Å². The highest BCUT2D eigenvalue weighted by Gasteiger charge is 2.07. The van der Waals surface area contributed by atoms with Gasteiger partial charge in [-0.15, -0.1) is 11.6 Å². The summed E-state index contributed by atoms with van der Waals surface area (Å²) in [6.45, 7) is 0.259. The molecule has 1 amide bonds. The molecule has 106 valence electrons. The molecule has 0 aliphatic heterocycles. The van der Waals surface area contributed by atoms with Gasteiger partial charge in [-0.1, -0.05) is 11.6 Å². The van der Waals surface area contributed by atoms with Crippen molar-refractivity contribution in [1.82, 2.24) is 0 Å². The van der Waals surface area contributed by atoms with E-state index < -0.39 is 6.10 Å². The number of benzene rings is 1. The van der Waals surface area contributed by atoms with E-state index in [4.69, 9.17) is 27.9 Å². The largest absolute Gasteiger partial charge is 0.390 e. The van der Waals surface area contributed by atoms with Gasteiger partial charge in [0.15, 0.2) is 0 Å². The van der Waals surface area contributed by atoms with Crippen molar-refractivity contribution in [3.8, 4) is 0 Å². The van der Waals surface area contributed by atoms with Gasteiger partial charge in [-0.05, 0) is 18.2 Å². The summed E-state index contributed by atoms with van der Waals surface area (Å²) in [5, 5.41) is 15.5. The molecule has 0 aliphatic carbocycles. The topological polar surface area (TPSA) is 70.6 Å². The van der Waals surface area contributed by atoms with Gasteiger partial charge in [0, 0.05) is 19.3 Å². The molecular formula is C12H16Cl2N2O3. The Balaban J connectivity index is 2.68. The third kappa shape index (κ3) is 5.65. The summed E-state index contributed by atoms with van der Waals surface area (Å²) < 4.78 is 4.72. The smallest absolute Gasteiger partial charge is 0.250 e. The normalized spacial score (nSPS) is 12.0. The summed E-state index contributed by atoms with van der Waals surface area (Å²) in [6.07, 6.45) is -0.663. The van der Waals surface area contributed by atoms with Crippen LogP contribution >= 0.6 is 23.2 Å². The molecule has 0 bridgehead atoms. The monoisotopic (exact) mass is 306 g/mol. The molecule has 0 aromatic heterocycles. The lowest BCUT2D eigenvalue weighted by Gasteiger charge is -2.13. The Morgan fingerprint density at radius 1 is 1.53 bits per heavy atom. The summed E-state index contributed by atoms with van der Waals surface area (Å²) in [5.41, 5.74) is 1.20. The van der Waals surface area contributed by atoms with Gasteiger partial charge < -0.3 is 20.5 Å². The van der Waals surface area contributed by atoms with Gasteiger partial charge in [0.25, 0.3) is 0 Å². The van der Waals surface area contributed by atoms with E-state index in [-0.39, 0.29) is 24.9 Å².